The number of amides is 1. The fourth-order valence-electron chi connectivity index (χ4n) is 1.16. The molecule has 4 nitrogen and oxygen atoms in total. The predicted octanol–water partition coefficient (Wildman–Crippen LogP) is -0.00780. The van der Waals surface area contributed by atoms with Gasteiger partial charge >= 0.3 is 0 Å². The highest BCUT2D eigenvalue weighted by Gasteiger charge is 2.24. The van der Waals surface area contributed by atoms with Crippen molar-refractivity contribution in [2.75, 3.05) is 19.3 Å². The van der Waals surface area contributed by atoms with Gasteiger partial charge in [-0.3, -0.25) is 4.79 Å². The first-order valence-corrected chi connectivity index (χ1v) is 4.66. The van der Waals surface area contributed by atoms with Crippen LogP contribution in [0.4, 0.5) is 0 Å². The largest absolute Gasteiger partial charge is 0.370 e. The van der Waals surface area contributed by atoms with Crippen LogP contribution in [0, 0.1) is 0 Å². The Morgan fingerprint density at radius 1 is 1.75 bits per heavy atom. The minimum absolute atomic E-state index is 0.151. The van der Waals surface area contributed by atoms with E-state index in [1.54, 1.807) is 18.3 Å². The van der Waals surface area contributed by atoms with Gasteiger partial charge in [-0.15, -0.1) is 0 Å². The molecule has 0 bridgehead atoms. The maximum atomic E-state index is 11.2. The average Bonchev–Trinajstić information content (AvgIpc) is 2.12. The molecule has 0 spiro atoms. The normalized spacial score (nSPS) is 22.4. The van der Waals surface area contributed by atoms with Crippen molar-refractivity contribution in [3.8, 4) is 0 Å². The van der Waals surface area contributed by atoms with Crippen LogP contribution in [0.1, 0.15) is 0 Å². The van der Waals surface area contributed by atoms with Crippen molar-refractivity contribution in [3.05, 3.63) is 10.7 Å². The van der Waals surface area contributed by atoms with Gasteiger partial charge in [0.05, 0.1) is 24.3 Å². The number of nitrogens with one attached hydrogen (secondary N) is 1. The quantitative estimate of drug-likeness (QED) is 0.574. The van der Waals surface area contributed by atoms with Crippen molar-refractivity contribution in [1.29, 1.82) is 0 Å². The number of nitrogens with zero attached hydrogens (tertiary/aromatic N) is 2. The molecule has 2 heterocycles. The Labute approximate surface area is 74.7 Å². The molecular weight excluding hydrogens is 174 g/mol. The molecule has 12 heavy (non-hydrogen) atoms. The molecule has 0 saturated heterocycles. The van der Waals surface area contributed by atoms with E-state index < -0.39 is 0 Å². The van der Waals surface area contributed by atoms with Crippen LogP contribution < -0.4 is 5.32 Å². The Kier molecular flexibility index (Phi) is 1.80. The number of carbonyl (C=O) groups is 1. The summed E-state index contributed by atoms with van der Waals surface area (Å²) >= 11 is 1.51. The lowest BCUT2D eigenvalue weighted by Crippen LogP contribution is -2.37. The van der Waals surface area contributed by atoms with Crippen LogP contribution in [-0.4, -0.2) is 36.5 Å². The molecule has 0 aromatic heterocycles. The number of aliphatic imine (C=N–C) groups is 1. The van der Waals surface area contributed by atoms with Gasteiger partial charge in [-0.1, -0.05) is 11.8 Å². The number of carbonyl (C=O) groups excluding carboxylic acids is 1. The number of hydrogen-bond donors (Lipinski definition) is 1. The molecule has 0 radical (unpaired) electrons. The van der Waals surface area contributed by atoms with E-state index in [0.717, 1.165) is 10.7 Å². The summed E-state index contributed by atoms with van der Waals surface area (Å²) in [6, 6.07) is 0. The summed E-state index contributed by atoms with van der Waals surface area (Å²) in [7, 11) is 1.79. The SMILES string of the molecule is CN1C(=O)CSC2=C1CNC=N2. The van der Waals surface area contributed by atoms with E-state index in [4.69, 9.17) is 0 Å². The fraction of sp³-hybridized carbons (Fsp3) is 0.429. The van der Waals surface area contributed by atoms with Crippen LogP contribution in [0.5, 0.6) is 0 Å². The second-order valence-electron chi connectivity index (χ2n) is 2.63. The van der Waals surface area contributed by atoms with Gasteiger partial charge in [0, 0.05) is 7.05 Å². The predicted molar refractivity (Wildman–Crippen MR) is 48.7 cm³/mol. The van der Waals surface area contributed by atoms with E-state index in [1.165, 1.54) is 11.8 Å². The zero-order valence-corrected chi connectivity index (χ0v) is 7.52. The molecule has 0 fully saturated rings. The van der Waals surface area contributed by atoms with Crippen LogP contribution in [0.25, 0.3) is 0 Å². The summed E-state index contributed by atoms with van der Waals surface area (Å²) in [6.45, 7) is 0.702. The molecule has 2 rings (SSSR count). The zero-order chi connectivity index (χ0) is 8.55. The Balaban J connectivity index is 2.34. The summed E-state index contributed by atoms with van der Waals surface area (Å²) in [5.74, 6) is 0.657. The van der Waals surface area contributed by atoms with Gasteiger partial charge in [0.15, 0.2) is 0 Å². The Bertz CT molecular complexity index is 284. The Morgan fingerprint density at radius 3 is 3.42 bits per heavy atom. The Morgan fingerprint density at radius 2 is 2.58 bits per heavy atom. The maximum absolute atomic E-state index is 11.2. The average molecular weight is 183 g/mol. The maximum Gasteiger partial charge on any atom is 0.237 e. The lowest BCUT2D eigenvalue weighted by atomic mass is 10.3. The minimum Gasteiger partial charge on any atom is -0.370 e. The number of rotatable bonds is 0. The van der Waals surface area contributed by atoms with Gasteiger partial charge in [0.25, 0.3) is 0 Å². The molecule has 0 atom stereocenters. The highest BCUT2D eigenvalue weighted by molar-refractivity contribution is 8.03. The van der Waals surface area contributed by atoms with E-state index in [-0.39, 0.29) is 5.91 Å². The van der Waals surface area contributed by atoms with Crippen molar-refractivity contribution in [2.24, 2.45) is 4.99 Å². The molecule has 1 N–H and O–H groups in total. The second-order valence-corrected chi connectivity index (χ2v) is 3.60. The van der Waals surface area contributed by atoms with Crippen LogP contribution >= 0.6 is 11.8 Å². The lowest BCUT2D eigenvalue weighted by molar-refractivity contribution is -0.125. The molecule has 5 heteroatoms. The molecule has 2 aliphatic heterocycles. The molecular formula is C7H9N3OS. The molecule has 0 aromatic carbocycles. The number of likely N-dealkylation sites (N-methyl/N-ethyl adjacent to an activating group) is 1. The molecule has 0 unspecified atom stereocenters. The third-order valence-electron chi connectivity index (χ3n) is 1.90. The molecule has 0 aliphatic carbocycles. The monoisotopic (exact) mass is 183 g/mol. The van der Waals surface area contributed by atoms with Crippen molar-refractivity contribution in [3.63, 3.8) is 0 Å². The van der Waals surface area contributed by atoms with Gasteiger partial charge in [-0.25, -0.2) is 4.99 Å². The van der Waals surface area contributed by atoms with E-state index in [9.17, 15) is 4.79 Å². The first-order valence-electron chi connectivity index (χ1n) is 3.67. The van der Waals surface area contributed by atoms with Crippen molar-refractivity contribution < 1.29 is 4.79 Å². The highest BCUT2D eigenvalue weighted by atomic mass is 32.2. The molecule has 2 aliphatic rings. The van der Waals surface area contributed by atoms with Gasteiger partial charge in [-0.05, 0) is 0 Å². The zero-order valence-electron chi connectivity index (χ0n) is 6.70. The first-order chi connectivity index (χ1) is 5.79. The van der Waals surface area contributed by atoms with Crippen molar-refractivity contribution in [1.82, 2.24) is 10.2 Å². The molecule has 1 amide bonds. The van der Waals surface area contributed by atoms with Gasteiger partial charge in [0.2, 0.25) is 5.91 Å². The number of hydrogen-bond acceptors (Lipinski definition) is 4. The first kappa shape index (κ1) is 7.67. The third-order valence-corrected chi connectivity index (χ3v) is 2.91. The Hall–Kier alpha value is -0.970. The molecule has 64 valence electrons. The van der Waals surface area contributed by atoms with Crippen LogP contribution in [0.2, 0.25) is 0 Å². The van der Waals surface area contributed by atoms with E-state index in [2.05, 4.69) is 10.3 Å². The van der Waals surface area contributed by atoms with Crippen LogP contribution in [0.3, 0.4) is 0 Å². The summed E-state index contributed by atoms with van der Waals surface area (Å²) < 4.78 is 0. The summed E-state index contributed by atoms with van der Waals surface area (Å²) in [6.07, 6.45) is 1.68. The smallest absolute Gasteiger partial charge is 0.237 e. The van der Waals surface area contributed by atoms with Crippen molar-refractivity contribution >= 4 is 24.0 Å². The standard InChI is InChI=1S/C7H9N3OS/c1-10-5-2-8-4-9-7(5)12-3-6(10)11/h4H,2-3H2,1H3,(H,8,9). The topological polar surface area (TPSA) is 44.7 Å². The lowest BCUT2D eigenvalue weighted by Gasteiger charge is -2.28. The number of thioether (sulfide) groups is 1. The minimum atomic E-state index is 0.151. The van der Waals surface area contributed by atoms with Crippen LogP contribution in [-0.2, 0) is 4.79 Å². The fourth-order valence-corrected chi connectivity index (χ4v) is 2.11. The summed E-state index contributed by atoms with van der Waals surface area (Å²) in [4.78, 5) is 17.1. The molecule has 0 saturated carbocycles. The van der Waals surface area contributed by atoms with E-state index in [1.807, 2.05) is 0 Å². The van der Waals surface area contributed by atoms with Gasteiger partial charge < -0.3 is 10.2 Å². The van der Waals surface area contributed by atoms with Gasteiger partial charge in [-0.2, -0.15) is 0 Å². The van der Waals surface area contributed by atoms with Crippen LogP contribution in [0.15, 0.2) is 15.7 Å². The van der Waals surface area contributed by atoms with Gasteiger partial charge in [0.1, 0.15) is 5.03 Å². The molecule has 0 aromatic rings. The summed E-state index contributed by atoms with van der Waals surface area (Å²) in [5, 5.41) is 3.95. The summed E-state index contributed by atoms with van der Waals surface area (Å²) in [5.41, 5.74) is 0.985. The highest BCUT2D eigenvalue weighted by Crippen LogP contribution is 2.28. The van der Waals surface area contributed by atoms with E-state index in [0.29, 0.717) is 12.3 Å². The second kappa shape index (κ2) is 2.82. The van der Waals surface area contributed by atoms with E-state index >= 15 is 0 Å². The third kappa shape index (κ3) is 1.10. The van der Waals surface area contributed by atoms with Crippen molar-refractivity contribution in [2.45, 2.75) is 0 Å².